The SMILES string of the molecule is C=C(C)CCc1c(OC)cc(/C=C/c2ccccc2)c(C(=O)O)c1O. The number of aromatic hydroxyl groups is 1. The first kappa shape index (κ1) is 18.3. The van der Waals surface area contributed by atoms with Gasteiger partial charge in [-0.25, -0.2) is 4.79 Å². The second kappa shape index (κ2) is 8.20. The van der Waals surface area contributed by atoms with E-state index in [9.17, 15) is 15.0 Å². The predicted molar refractivity (Wildman–Crippen MR) is 100 cm³/mol. The molecule has 4 nitrogen and oxygen atoms in total. The molecule has 0 saturated heterocycles. The highest BCUT2D eigenvalue weighted by molar-refractivity contribution is 5.97. The van der Waals surface area contributed by atoms with Crippen molar-refractivity contribution < 1.29 is 19.7 Å². The average Bonchev–Trinajstić information content (AvgIpc) is 2.58. The minimum atomic E-state index is -1.18. The van der Waals surface area contributed by atoms with E-state index < -0.39 is 5.97 Å². The van der Waals surface area contributed by atoms with Gasteiger partial charge >= 0.3 is 5.97 Å². The molecule has 0 atom stereocenters. The van der Waals surface area contributed by atoms with E-state index in [0.717, 1.165) is 11.1 Å². The minimum absolute atomic E-state index is 0.121. The van der Waals surface area contributed by atoms with Crippen LogP contribution in [0.2, 0.25) is 0 Å². The number of hydrogen-bond acceptors (Lipinski definition) is 3. The maximum atomic E-state index is 11.7. The lowest BCUT2D eigenvalue weighted by atomic mass is 9.96. The summed E-state index contributed by atoms with van der Waals surface area (Å²) in [5, 5.41) is 20.1. The summed E-state index contributed by atoms with van der Waals surface area (Å²) in [5.41, 5.74) is 2.64. The summed E-state index contributed by atoms with van der Waals surface area (Å²) in [4.78, 5) is 11.7. The highest BCUT2D eigenvalue weighted by Crippen LogP contribution is 2.36. The van der Waals surface area contributed by atoms with Crippen LogP contribution >= 0.6 is 0 Å². The number of benzene rings is 2. The van der Waals surface area contributed by atoms with Gasteiger partial charge in [-0.3, -0.25) is 0 Å². The van der Waals surface area contributed by atoms with Crippen LogP contribution in [0.25, 0.3) is 12.2 Å². The Morgan fingerprint density at radius 1 is 1.24 bits per heavy atom. The number of allylic oxidation sites excluding steroid dienone is 1. The standard InChI is InChI=1S/C21H22O4/c1-14(2)9-12-17-18(25-3)13-16(19(20(17)22)21(23)24)11-10-15-7-5-4-6-8-15/h4-8,10-11,13,22H,1,9,12H2,2-3H3,(H,23,24)/b11-10+. The maximum Gasteiger partial charge on any atom is 0.340 e. The smallest absolute Gasteiger partial charge is 0.340 e. The van der Waals surface area contributed by atoms with E-state index in [4.69, 9.17) is 4.74 Å². The van der Waals surface area contributed by atoms with Crippen LogP contribution in [-0.2, 0) is 6.42 Å². The van der Waals surface area contributed by atoms with Crippen LogP contribution in [0.3, 0.4) is 0 Å². The van der Waals surface area contributed by atoms with Gasteiger partial charge < -0.3 is 14.9 Å². The Morgan fingerprint density at radius 3 is 2.48 bits per heavy atom. The minimum Gasteiger partial charge on any atom is -0.507 e. The molecule has 0 unspecified atom stereocenters. The quantitative estimate of drug-likeness (QED) is 0.563. The molecule has 2 aromatic rings. The van der Waals surface area contributed by atoms with Gasteiger partial charge in [0, 0.05) is 5.56 Å². The molecule has 4 heteroatoms. The first-order valence-electron chi connectivity index (χ1n) is 7.97. The second-order valence-corrected chi connectivity index (χ2v) is 5.88. The first-order chi connectivity index (χ1) is 11.9. The Labute approximate surface area is 147 Å². The molecule has 2 aromatic carbocycles. The molecule has 0 aliphatic carbocycles. The van der Waals surface area contributed by atoms with Crippen molar-refractivity contribution in [2.45, 2.75) is 19.8 Å². The van der Waals surface area contributed by atoms with Gasteiger partial charge in [-0.15, -0.1) is 6.58 Å². The van der Waals surface area contributed by atoms with E-state index in [1.54, 1.807) is 18.2 Å². The van der Waals surface area contributed by atoms with E-state index in [-0.39, 0.29) is 11.3 Å². The maximum absolute atomic E-state index is 11.7. The molecule has 0 aliphatic rings. The van der Waals surface area contributed by atoms with Gasteiger partial charge in [0.25, 0.3) is 0 Å². The van der Waals surface area contributed by atoms with Crippen molar-refractivity contribution in [3.8, 4) is 11.5 Å². The van der Waals surface area contributed by atoms with Crippen LogP contribution in [0, 0.1) is 0 Å². The first-order valence-corrected chi connectivity index (χ1v) is 7.97. The fraction of sp³-hybridized carbons (Fsp3) is 0.190. The summed E-state index contributed by atoms with van der Waals surface area (Å²) < 4.78 is 5.37. The lowest BCUT2D eigenvalue weighted by molar-refractivity contribution is 0.0693. The number of carbonyl (C=O) groups is 1. The molecule has 0 amide bonds. The average molecular weight is 338 g/mol. The molecule has 2 N–H and O–H groups in total. The molecule has 0 heterocycles. The number of carboxylic acid groups (broad SMARTS) is 1. The number of methoxy groups -OCH3 is 1. The summed E-state index contributed by atoms with van der Waals surface area (Å²) in [6.07, 6.45) is 4.58. The molecule has 0 fully saturated rings. The number of phenols is 1. The number of hydrogen-bond donors (Lipinski definition) is 2. The molecular weight excluding hydrogens is 316 g/mol. The molecule has 0 aromatic heterocycles. The van der Waals surface area contributed by atoms with Crippen molar-refractivity contribution in [2.24, 2.45) is 0 Å². The highest BCUT2D eigenvalue weighted by Gasteiger charge is 2.21. The van der Waals surface area contributed by atoms with Crippen LogP contribution in [-0.4, -0.2) is 23.3 Å². The van der Waals surface area contributed by atoms with Crippen molar-refractivity contribution in [1.82, 2.24) is 0 Å². The summed E-state index contributed by atoms with van der Waals surface area (Å²) >= 11 is 0. The van der Waals surface area contributed by atoms with Gasteiger partial charge in [-0.05, 0) is 37.0 Å². The van der Waals surface area contributed by atoms with Crippen molar-refractivity contribution >= 4 is 18.1 Å². The van der Waals surface area contributed by atoms with E-state index in [1.165, 1.54) is 7.11 Å². The van der Waals surface area contributed by atoms with Crippen LogP contribution in [0.15, 0.2) is 48.6 Å². The Bertz CT molecular complexity index is 804. The third kappa shape index (κ3) is 4.51. The summed E-state index contributed by atoms with van der Waals surface area (Å²) in [7, 11) is 1.50. The third-order valence-electron chi connectivity index (χ3n) is 3.89. The van der Waals surface area contributed by atoms with E-state index in [0.29, 0.717) is 29.7 Å². The van der Waals surface area contributed by atoms with Gasteiger partial charge in [0.15, 0.2) is 0 Å². The molecule has 0 aliphatic heterocycles. The van der Waals surface area contributed by atoms with Crippen LogP contribution in [0.5, 0.6) is 11.5 Å². The Hall–Kier alpha value is -3.01. The molecular formula is C21H22O4. The van der Waals surface area contributed by atoms with Crippen LogP contribution in [0.1, 0.15) is 40.4 Å². The Morgan fingerprint density at radius 2 is 1.92 bits per heavy atom. The number of ether oxygens (including phenoxy) is 1. The van der Waals surface area contributed by atoms with Crippen LogP contribution < -0.4 is 4.74 Å². The Balaban J connectivity index is 2.52. The lowest BCUT2D eigenvalue weighted by Crippen LogP contribution is -2.05. The van der Waals surface area contributed by atoms with E-state index in [2.05, 4.69) is 6.58 Å². The highest BCUT2D eigenvalue weighted by atomic mass is 16.5. The van der Waals surface area contributed by atoms with Crippen molar-refractivity contribution in [2.75, 3.05) is 7.11 Å². The monoisotopic (exact) mass is 338 g/mol. The molecule has 0 spiro atoms. The van der Waals surface area contributed by atoms with Gasteiger partial charge in [0.05, 0.1) is 7.11 Å². The summed E-state index contributed by atoms with van der Waals surface area (Å²) in [6.45, 7) is 5.73. The van der Waals surface area contributed by atoms with E-state index >= 15 is 0 Å². The molecule has 0 radical (unpaired) electrons. The Kier molecular flexibility index (Phi) is 6.01. The second-order valence-electron chi connectivity index (χ2n) is 5.88. The third-order valence-corrected chi connectivity index (χ3v) is 3.89. The zero-order chi connectivity index (χ0) is 18.4. The zero-order valence-corrected chi connectivity index (χ0v) is 14.5. The number of rotatable bonds is 7. The van der Waals surface area contributed by atoms with Crippen molar-refractivity contribution in [1.29, 1.82) is 0 Å². The lowest BCUT2D eigenvalue weighted by Gasteiger charge is -2.15. The molecule has 130 valence electrons. The normalized spacial score (nSPS) is 10.8. The predicted octanol–water partition coefficient (Wildman–Crippen LogP) is 4.78. The molecule has 0 bridgehead atoms. The summed E-state index contributed by atoms with van der Waals surface area (Å²) in [5.74, 6) is -0.957. The van der Waals surface area contributed by atoms with Crippen molar-refractivity contribution in [3.63, 3.8) is 0 Å². The van der Waals surface area contributed by atoms with Gasteiger partial charge in [0.2, 0.25) is 0 Å². The molecule has 25 heavy (non-hydrogen) atoms. The fourth-order valence-corrected chi connectivity index (χ4v) is 2.57. The number of carboxylic acids is 1. The molecule has 2 rings (SSSR count). The topological polar surface area (TPSA) is 66.8 Å². The fourth-order valence-electron chi connectivity index (χ4n) is 2.57. The largest absolute Gasteiger partial charge is 0.507 e. The summed E-state index contributed by atoms with van der Waals surface area (Å²) in [6, 6.07) is 11.2. The van der Waals surface area contributed by atoms with Gasteiger partial charge in [-0.1, -0.05) is 48.1 Å². The zero-order valence-electron chi connectivity index (χ0n) is 14.5. The van der Waals surface area contributed by atoms with Gasteiger partial charge in [-0.2, -0.15) is 0 Å². The van der Waals surface area contributed by atoms with Crippen LogP contribution in [0.4, 0.5) is 0 Å². The molecule has 0 saturated carbocycles. The van der Waals surface area contributed by atoms with Gasteiger partial charge in [0.1, 0.15) is 17.1 Å². The van der Waals surface area contributed by atoms with E-state index in [1.807, 2.05) is 37.3 Å². The number of aromatic carboxylic acids is 1. The van der Waals surface area contributed by atoms with Crippen molar-refractivity contribution in [3.05, 3.63) is 70.8 Å².